The van der Waals surface area contributed by atoms with Gasteiger partial charge in [0.15, 0.2) is 0 Å². The lowest BCUT2D eigenvalue weighted by Gasteiger charge is -2.16. The maximum Gasteiger partial charge on any atom is 0.143 e. The van der Waals surface area contributed by atoms with E-state index in [2.05, 4.69) is 115 Å². The highest BCUT2D eigenvalue weighted by Gasteiger charge is 2.17. The zero-order valence-electron chi connectivity index (χ0n) is 20.6. The largest absolute Gasteiger partial charge is 0.455 e. The van der Waals surface area contributed by atoms with Gasteiger partial charge in [-0.3, -0.25) is 0 Å². The summed E-state index contributed by atoms with van der Waals surface area (Å²) in [5.41, 5.74) is 10.6. The zero-order valence-corrected chi connectivity index (χ0v) is 21.3. The molecule has 0 aliphatic heterocycles. The number of furan rings is 1. The van der Waals surface area contributed by atoms with Crippen LogP contribution in [-0.4, -0.2) is 0 Å². The Morgan fingerprint density at radius 2 is 1.03 bits per heavy atom. The summed E-state index contributed by atoms with van der Waals surface area (Å²) in [4.78, 5) is 0. The van der Waals surface area contributed by atoms with Crippen LogP contribution in [-0.2, 0) is 0 Å². The third-order valence-electron chi connectivity index (χ3n) is 7.15. The average molecular weight is 507 g/mol. The third-order valence-corrected chi connectivity index (χ3v) is 7.45. The summed E-state index contributed by atoms with van der Waals surface area (Å²) >= 11 is 7.03. The standard InChI is InChI=1S/C36H23ClO/c37-33-23-28(24-11-3-1-4-12-24)22-32(35(33)25-13-5-2-6-14-25)27-16-9-15-26(21-27)29-18-10-19-31-30-17-7-8-20-34(30)38-36(29)31/h1-23H. The Kier molecular flexibility index (Phi) is 5.57. The lowest BCUT2D eigenvalue weighted by molar-refractivity contribution is 0.670. The van der Waals surface area contributed by atoms with Crippen LogP contribution in [0.15, 0.2) is 144 Å². The first-order chi connectivity index (χ1) is 18.8. The van der Waals surface area contributed by atoms with Crippen molar-refractivity contribution in [3.63, 3.8) is 0 Å². The van der Waals surface area contributed by atoms with E-state index in [9.17, 15) is 0 Å². The molecule has 0 saturated heterocycles. The fourth-order valence-corrected chi connectivity index (χ4v) is 5.69. The molecule has 2 heteroatoms. The minimum atomic E-state index is 0.734. The molecule has 6 aromatic carbocycles. The van der Waals surface area contributed by atoms with E-state index in [1.165, 1.54) is 0 Å². The van der Waals surface area contributed by atoms with Crippen molar-refractivity contribution in [1.82, 2.24) is 0 Å². The fourth-order valence-electron chi connectivity index (χ4n) is 5.36. The molecule has 0 unspecified atom stereocenters. The molecule has 7 rings (SSSR count). The highest BCUT2D eigenvalue weighted by Crippen LogP contribution is 2.43. The van der Waals surface area contributed by atoms with Gasteiger partial charge in [0.1, 0.15) is 11.2 Å². The summed E-state index contributed by atoms with van der Waals surface area (Å²) in [7, 11) is 0. The van der Waals surface area contributed by atoms with Gasteiger partial charge in [-0.25, -0.2) is 0 Å². The molecule has 0 aliphatic rings. The molecule has 1 nitrogen and oxygen atoms in total. The van der Waals surface area contributed by atoms with Crippen LogP contribution in [0.2, 0.25) is 5.02 Å². The molecule has 0 atom stereocenters. The maximum absolute atomic E-state index is 7.03. The summed E-state index contributed by atoms with van der Waals surface area (Å²) in [6, 6.07) is 48.3. The second-order valence-corrected chi connectivity index (χ2v) is 9.88. The number of fused-ring (bicyclic) bond motifs is 3. The van der Waals surface area contributed by atoms with E-state index in [1.807, 2.05) is 24.3 Å². The van der Waals surface area contributed by atoms with Gasteiger partial charge in [0, 0.05) is 26.9 Å². The van der Waals surface area contributed by atoms with Crippen molar-refractivity contribution in [2.24, 2.45) is 0 Å². The van der Waals surface area contributed by atoms with Gasteiger partial charge in [0.25, 0.3) is 0 Å². The number of para-hydroxylation sites is 2. The van der Waals surface area contributed by atoms with Crippen molar-refractivity contribution in [3.05, 3.63) is 145 Å². The Morgan fingerprint density at radius 1 is 0.421 bits per heavy atom. The first-order valence-corrected chi connectivity index (χ1v) is 13.1. The normalized spacial score (nSPS) is 11.3. The number of halogens is 1. The highest BCUT2D eigenvalue weighted by atomic mass is 35.5. The summed E-state index contributed by atoms with van der Waals surface area (Å²) in [5, 5.41) is 2.99. The van der Waals surface area contributed by atoms with Crippen LogP contribution < -0.4 is 0 Å². The Balaban J connectivity index is 1.45. The van der Waals surface area contributed by atoms with Crippen LogP contribution in [0.1, 0.15) is 0 Å². The fraction of sp³-hybridized carbons (Fsp3) is 0. The molecule has 0 fully saturated rings. The van der Waals surface area contributed by atoms with E-state index in [-0.39, 0.29) is 0 Å². The first-order valence-electron chi connectivity index (χ1n) is 12.7. The summed E-state index contributed by atoms with van der Waals surface area (Å²) in [5.74, 6) is 0. The van der Waals surface area contributed by atoms with Gasteiger partial charge in [-0.2, -0.15) is 0 Å². The van der Waals surface area contributed by atoms with Crippen LogP contribution in [0.3, 0.4) is 0 Å². The Labute approximate surface area is 226 Å². The minimum Gasteiger partial charge on any atom is -0.455 e. The van der Waals surface area contributed by atoms with Gasteiger partial charge in [0.05, 0.1) is 0 Å². The van der Waals surface area contributed by atoms with Gasteiger partial charge < -0.3 is 4.42 Å². The molecule has 0 radical (unpaired) electrons. The summed E-state index contributed by atoms with van der Waals surface area (Å²) < 4.78 is 6.35. The first kappa shape index (κ1) is 22.6. The second kappa shape index (κ2) is 9.37. The van der Waals surface area contributed by atoms with E-state index in [4.69, 9.17) is 16.0 Å². The monoisotopic (exact) mass is 506 g/mol. The van der Waals surface area contributed by atoms with Crippen molar-refractivity contribution in [3.8, 4) is 44.5 Å². The van der Waals surface area contributed by atoms with Gasteiger partial charge >= 0.3 is 0 Å². The van der Waals surface area contributed by atoms with E-state index >= 15 is 0 Å². The third kappa shape index (κ3) is 3.89. The lowest BCUT2D eigenvalue weighted by atomic mass is 9.89. The molecule has 38 heavy (non-hydrogen) atoms. The minimum absolute atomic E-state index is 0.734. The Morgan fingerprint density at radius 3 is 1.82 bits per heavy atom. The smallest absolute Gasteiger partial charge is 0.143 e. The number of benzene rings is 6. The molecular weight excluding hydrogens is 484 g/mol. The quantitative estimate of drug-likeness (QED) is 0.231. The molecule has 0 aliphatic carbocycles. The molecular formula is C36H23ClO. The van der Waals surface area contributed by atoms with E-state index in [1.54, 1.807) is 0 Å². The summed E-state index contributed by atoms with van der Waals surface area (Å²) in [6.45, 7) is 0. The highest BCUT2D eigenvalue weighted by molar-refractivity contribution is 6.34. The molecule has 0 N–H and O–H groups in total. The van der Waals surface area contributed by atoms with E-state index < -0.39 is 0 Å². The Bertz CT molecular complexity index is 1920. The van der Waals surface area contributed by atoms with Crippen molar-refractivity contribution in [1.29, 1.82) is 0 Å². The van der Waals surface area contributed by atoms with Crippen LogP contribution in [0.25, 0.3) is 66.4 Å². The SMILES string of the molecule is Clc1cc(-c2ccccc2)cc(-c2cccc(-c3cccc4c3oc3ccccc34)c2)c1-c1ccccc1. The zero-order chi connectivity index (χ0) is 25.5. The average Bonchev–Trinajstić information content (AvgIpc) is 3.37. The number of hydrogen-bond donors (Lipinski definition) is 0. The van der Waals surface area contributed by atoms with E-state index in [0.717, 1.165) is 71.5 Å². The maximum atomic E-state index is 7.03. The molecule has 0 bridgehead atoms. The van der Waals surface area contributed by atoms with Crippen molar-refractivity contribution < 1.29 is 4.42 Å². The van der Waals surface area contributed by atoms with Crippen molar-refractivity contribution in [2.75, 3.05) is 0 Å². The molecule has 0 spiro atoms. The molecule has 7 aromatic rings. The topological polar surface area (TPSA) is 13.1 Å². The lowest BCUT2D eigenvalue weighted by Crippen LogP contribution is -1.90. The molecule has 0 saturated carbocycles. The van der Waals surface area contributed by atoms with Gasteiger partial charge in [-0.15, -0.1) is 0 Å². The van der Waals surface area contributed by atoms with Gasteiger partial charge in [-0.05, 0) is 57.6 Å². The number of hydrogen-bond acceptors (Lipinski definition) is 1. The predicted molar refractivity (Wildman–Crippen MR) is 160 cm³/mol. The van der Waals surface area contributed by atoms with Gasteiger partial charge in [-0.1, -0.05) is 127 Å². The van der Waals surface area contributed by atoms with Crippen LogP contribution >= 0.6 is 11.6 Å². The molecule has 1 heterocycles. The molecule has 180 valence electrons. The molecule has 0 amide bonds. The van der Waals surface area contributed by atoms with Crippen molar-refractivity contribution >= 4 is 33.5 Å². The predicted octanol–water partition coefficient (Wildman–Crippen LogP) is 10.9. The van der Waals surface area contributed by atoms with Gasteiger partial charge in [0.2, 0.25) is 0 Å². The Hall–Kier alpha value is -4.59. The summed E-state index contributed by atoms with van der Waals surface area (Å²) in [6.07, 6.45) is 0. The van der Waals surface area contributed by atoms with E-state index in [0.29, 0.717) is 0 Å². The van der Waals surface area contributed by atoms with Crippen LogP contribution in [0.5, 0.6) is 0 Å². The van der Waals surface area contributed by atoms with Crippen molar-refractivity contribution in [2.45, 2.75) is 0 Å². The second-order valence-electron chi connectivity index (χ2n) is 9.47. The van der Waals surface area contributed by atoms with Crippen LogP contribution in [0, 0.1) is 0 Å². The van der Waals surface area contributed by atoms with Crippen LogP contribution in [0.4, 0.5) is 0 Å². The molecule has 1 aromatic heterocycles. The number of rotatable bonds is 4.